The summed E-state index contributed by atoms with van der Waals surface area (Å²) in [5, 5.41) is 23.2. The molecule has 2 atom stereocenters. The van der Waals surface area contributed by atoms with Crippen LogP contribution >= 0.6 is 0 Å². The SMILES string of the molecule is CCCCCCCC/C=C\CCCCCCCC(=O)OCCCCC/C=C\C=C/CCCCCCCCCCCCC(=O)NC(CO)C(O)/C=C/CCCCCCCCCCCCCCCCCCCCCCC. The Morgan fingerprint density at radius 1 is 0.378 bits per heavy atom. The number of aliphatic hydroxyl groups excluding tert-OH is 2. The summed E-state index contributed by atoms with van der Waals surface area (Å²) in [6.45, 7) is 4.87. The van der Waals surface area contributed by atoms with E-state index < -0.39 is 12.1 Å². The van der Waals surface area contributed by atoms with Crippen molar-refractivity contribution in [1.82, 2.24) is 5.32 Å². The number of amides is 1. The highest BCUT2D eigenvalue weighted by Gasteiger charge is 2.18. The van der Waals surface area contributed by atoms with Gasteiger partial charge in [0.1, 0.15) is 0 Å². The minimum Gasteiger partial charge on any atom is -0.466 e. The lowest BCUT2D eigenvalue weighted by atomic mass is 10.0. The van der Waals surface area contributed by atoms with Crippen molar-refractivity contribution in [2.24, 2.45) is 0 Å². The second kappa shape index (κ2) is 63.4. The molecule has 0 aromatic rings. The fourth-order valence-corrected chi connectivity index (χ4v) is 10.0. The van der Waals surface area contributed by atoms with E-state index in [2.05, 4.69) is 55.6 Å². The summed E-state index contributed by atoms with van der Waals surface area (Å²) in [5.41, 5.74) is 0. The Morgan fingerprint density at radius 2 is 0.676 bits per heavy atom. The van der Waals surface area contributed by atoms with Crippen LogP contribution in [0.1, 0.15) is 348 Å². The number of esters is 1. The van der Waals surface area contributed by atoms with Crippen LogP contribution in [0.5, 0.6) is 0 Å². The fraction of sp³-hybridized carbons (Fsp3) is 0.853. The molecule has 0 aromatic heterocycles. The average molecular weight is 1040 g/mol. The number of carbonyl (C=O) groups excluding carboxylic acids is 2. The molecule has 0 aliphatic heterocycles. The minimum absolute atomic E-state index is 0.0219. The van der Waals surface area contributed by atoms with Crippen molar-refractivity contribution in [1.29, 1.82) is 0 Å². The summed E-state index contributed by atoms with van der Waals surface area (Å²) in [5.74, 6) is -0.0974. The van der Waals surface area contributed by atoms with E-state index in [9.17, 15) is 19.8 Å². The van der Waals surface area contributed by atoms with Gasteiger partial charge in [-0.2, -0.15) is 0 Å². The maximum atomic E-state index is 12.5. The number of aliphatic hydroxyl groups is 2. The van der Waals surface area contributed by atoms with Crippen LogP contribution in [0.3, 0.4) is 0 Å². The molecule has 0 spiro atoms. The zero-order chi connectivity index (χ0) is 53.6. The van der Waals surface area contributed by atoms with Crippen molar-refractivity contribution in [3.8, 4) is 0 Å². The maximum absolute atomic E-state index is 12.5. The maximum Gasteiger partial charge on any atom is 0.305 e. The van der Waals surface area contributed by atoms with Gasteiger partial charge in [0, 0.05) is 12.8 Å². The molecule has 1 amide bonds. The van der Waals surface area contributed by atoms with Gasteiger partial charge in [-0.1, -0.05) is 294 Å². The van der Waals surface area contributed by atoms with Gasteiger partial charge in [0.2, 0.25) is 5.91 Å². The molecule has 6 nitrogen and oxygen atoms in total. The van der Waals surface area contributed by atoms with E-state index >= 15 is 0 Å². The molecule has 0 aliphatic carbocycles. The molecule has 0 radical (unpaired) electrons. The van der Waals surface area contributed by atoms with Crippen LogP contribution in [0.25, 0.3) is 0 Å². The van der Waals surface area contributed by atoms with Crippen molar-refractivity contribution in [2.45, 2.75) is 360 Å². The first-order valence-corrected chi connectivity index (χ1v) is 32.9. The molecule has 3 N–H and O–H groups in total. The number of hydrogen-bond donors (Lipinski definition) is 3. The first-order valence-electron chi connectivity index (χ1n) is 32.9. The number of unbranched alkanes of at least 4 members (excludes halogenated alkanes) is 45. The standard InChI is InChI=1S/C68H127NO5/c1-3-5-7-9-11-13-15-17-19-20-21-22-23-24-26-29-33-36-40-44-48-52-56-60-66(71)65(64-70)69-67(72)61-57-53-49-45-41-37-34-30-27-25-28-31-35-39-43-47-51-55-59-63-74-68(73)62-58-54-50-46-42-38-32-18-16-14-12-10-8-6-4-2/h18,31-32,35,39,43,56,60,65-66,70-71H,3-17,19-30,33-34,36-38,40-42,44-55,57-59,61-64H2,1-2H3,(H,69,72)/b32-18-,35-31-,43-39-,60-56+. The van der Waals surface area contributed by atoms with Crippen LogP contribution in [0, 0.1) is 0 Å². The zero-order valence-electron chi connectivity index (χ0n) is 49.6. The smallest absolute Gasteiger partial charge is 0.305 e. The lowest BCUT2D eigenvalue weighted by Crippen LogP contribution is -2.45. The predicted octanol–water partition coefficient (Wildman–Crippen LogP) is 20.9. The van der Waals surface area contributed by atoms with Gasteiger partial charge >= 0.3 is 5.97 Å². The van der Waals surface area contributed by atoms with Gasteiger partial charge < -0.3 is 20.3 Å². The Balaban J connectivity index is 3.51. The molecular formula is C68H127NO5. The van der Waals surface area contributed by atoms with Gasteiger partial charge in [-0.25, -0.2) is 0 Å². The molecule has 0 heterocycles. The predicted molar refractivity (Wildman–Crippen MR) is 324 cm³/mol. The minimum atomic E-state index is -0.854. The van der Waals surface area contributed by atoms with Crippen molar-refractivity contribution < 1.29 is 24.5 Å². The zero-order valence-corrected chi connectivity index (χ0v) is 49.6. The molecule has 2 unspecified atom stereocenters. The highest BCUT2D eigenvalue weighted by atomic mass is 16.5. The Morgan fingerprint density at radius 3 is 1.04 bits per heavy atom. The molecule has 6 heteroatoms. The second-order valence-corrected chi connectivity index (χ2v) is 22.5. The topological polar surface area (TPSA) is 95.9 Å². The molecule has 0 fully saturated rings. The number of hydrogen-bond acceptors (Lipinski definition) is 5. The lowest BCUT2D eigenvalue weighted by molar-refractivity contribution is -0.143. The number of ether oxygens (including phenoxy) is 1. The van der Waals surface area contributed by atoms with Crippen molar-refractivity contribution in [3.63, 3.8) is 0 Å². The van der Waals surface area contributed by atoms with Crippen molar-refractivity contribution >= 4 is 11.9 Å². The normalized spacial score (nSPS) is 12.9. The number of rotatable bonds is 61. The third kappa shape index (κ3) is 59.1. The van der Waals surface area contributed by atoms with Gasteiger partial charge in [-0.05, 0) is 89.9 Å². The summed E-state index contributed by atoms with van der Waals surface area (Å²) < 4.78 is 5.46. The van der Waals surface area contributed by atoms with E-state index in [0.29, 0.717) is 19.4 Å². The Kier molecular flexibility index (Phi) is 61.5. The van der Waals surface area contributed by atoms with E-state index in [1.54, 1.807) is 6.08 Å². The van der Waals surface area contributed by atoms with Crippen molar-refractivity contribution in [3.05, 3.63) is 48.6 Å². The van der Waals surface area contributed by atoms with Crippen LogP contribution < -0.4 is 5.32 Å². The van der Waals surface area contributed by atoms with Crippen LogP contribution in [0.2, 0.25) is 0 Å². The third-order valence-electron chi connectivity index (χ3n) is 15.1. The van der Waals surface area contributed by atoms with Crippen LogP contribution in [0.4, 0.5) is 0 Å². The highest BCUT2D eigenvalue weighted by Crippen LogP contribution is 2.17. The molecule has 0 aliphatic rings. The first-order chi connectivity index (χ1) is 36.5. The Bertz CT molecular complexity index is 1240. The van der Waals surface area contributed by atoms with Gasteiger partial charge in [-0.3, -0.25) is 9.59 Å². The average Bonchev–Trinajstić information content (AvgIpc) is 3.40. The van der Waals surface area contributed by atoms with E-state index in [1.165, 1.54) is 244 Å². The summed E-state index contributed by atoms with van der Waals surface area (Å²) in [4.78, 5) is 24.6. The van der Waals surface area contributed by atoms with E-state index in [0.717, 1.165) is 77.0 Å². The number of nitrogens with one attached hydrogen (secondary N) is 1. The Hall–Kier alpha value is -2.18. The van der Waals surface area contributed by atoms with Crippen LogP contribution in [-0.2, 0) is 14.3 Å². The lowest BCUT2D eigenvalue weighted by Gasteiger charge is -2.20. The molecule has 0 bridgehead atoms. The second-order valence-electron chi connectivity index (χ2n) is 22.5. The largest absolute Gasteiger partial charge is 0.466 e. The first kappa shape index (κ1) is 71.8. The van der Waals surface area contributed by atoms with Gasteiger partial charge in [0.25, 0.3) is 0 Å². The fourth-order valence-electron chi connectivity index (χ4n) is 10.0. The molecule has 0 aromatic carbocycles. The number of allylic oxidation sites excluding steroid dienone is 7. The van der Waals surface area contributed by atoms with E-state index in [-0.39, 0.29) is 18.5 Å². The summed E-state index contributed by atoms with van der Waals surface area (Å²) in [6, 6.07) is -0.638. The van der Waals surface area contributed by atoms with E-state index in [4.69, 9.17) is 4.74 Å². The summed E-state index contributed by atoms with van der Waals surface area (Å²) in [6.07, 6.45) is 81.6. The van der Waals surface area contributed by atoms with Gasteiger partial charge in [0.15, 0.2) is 0 Å². The van der Waals surface area contributed by atoms with Gasteiger partial charge in [0.05, 0.1) is 25.4 Å². The molecule has 434 valence electrons. The molecule has 0 saturated heterocycles. The van der Waals surface area contributed by atoms with Crippen LogP contribution in [0.15, 0.2) is 48.6 Å². The Labute approximate surface area is 461 Å². The van der Waals surface area contributed by atoms with E-state index in [1.807, 2.05) is 6.08 Å². The number of carbonyl (C=O) groups is 2. The quantitative estimate of drug-likeness (QED) is 0.0244. The molecule has 0 rings (SSSR count). The molecule has 0 saturated carbocycles. The van der Waals surface area contributed by atoms with Crippen molar-refractivity contribution in [2.75, 3.05) is 13.2 Å². The highest BCUT2D eigenvalue weighted by molar-refractivity contribution is 5.76. The summed E-state index contributed by atoms with van der Waals surface area (Å²) in [7, 11) is 0. The molecule has 74 heavy (non-hydrogen) atoms. The van der Waals surface area contributed by atoms with Crippen LogP contribution in [-0.4, -0.2) is 47.4 Å². The molecular weight excluding hydrogens is 911 g/mol. The van der Waals surface area contributed by atoms with Gasteiger partial charge in [-0.15, -0.1) is 0 Å². The monoisotopic (exact) mass is 1040 g/mol. The summed E-state index contributed by atoms with van der Waals surface area (Å²) >= 11 is 0. The third-order valence-corrected chi connectivity index (χ3v) is 15.1.